The highest BCUT2D eigenvalue weighted by Gasteiger charge is 2.18. The van der Waals surface area contributed by atoms with E-state index in [4.69, 9.17) is 4.74 Å². The zero-order valence-electron chi connectivity index (χ0n) is 15.1. The maximum atomic E-state index is 12.6. The number of amides is 1. The van der Waals surface area contributed by atoms with Crippen molar-refractivity contribution in [1.29, 1.82) is 0 Å². The van der Waals surface area contributed by atoms with E-state index >= 15 is 0 Å². The summed E-state index contributed by atoms with van der Waals surface area (Å²) in [7, 11) is 1.32. The minimum Gasteiger partial charge on any atom is -0.465 e. The van der Waals surface area contributed by atoms with Crippen LogP contribution in [-0.2, 0) is 4.74 Å². The first-order valence-electron chi connectivity index (χ1n) is 8.77. The summed E-state index contributed by atoms with van der Waals surface area (Å²) in [5, 5.41) is 2.79. The van der Waals surface area contributed by atoms with Crippen molar-refractivity contribution in [3.8, 4) is 0 Å². The van der Waals surface area contributed by atoms with Crippen molar-refractivity contribution in [3.63, 3.8) is 0 Å². The molecule has 0 saturated carbocycles. The quantitative estimate of drug-likeness (QED) is 0.854. The molecule has 1 aliphatic heterocycles. The number of nitrogens with zero attached hydrogens (tertiary/aromatic N) is 2. The maximum absolute atomic E-state index is 12.6. The van der Waals surface area contributed by atoms with Gasteiger partial charge in [0.15, 0.2) is 0 Å². The molecule has 1 atom stereocenters. The number of carbonyl (C=O) groups is 2. The predicted octanol–water partition coefficient (Wildman–Crippen LogP) is 3.36. The van der Waals surface area contributed by atoms with Gasteiger partial charge in [-0.05, 0) is 49.1 Å². The van der Waals surface area contributed by atoms with E-state index in [9.17, 15) is 9.59 Å². The van der Waals surface area contributed by atoms with Crippen LogP contribution in [0.1, 0.15) is 40.6 Å². The Kier molecular flexibility index (Phi) is 5.51. The molecule has 1 unspecified atom stereocenters. The summed E-state index contributed by atoms with van der Waals surface area (Å²) < 4.78 is 4.70. The highest BCUT2D eigenvalue weighted by Crippen LogP contribution is 2.23. The molecule has 6 heteroatoms. The van der Waals surface area contributed by atoms with Gasteiger partial charge in [0.25, 0.3) is 5.91 Å². The van der Waals surface area contributed by atoms with Gasteiger partial charge in [-0.15, -0.1) is 0 Å². The van der Waals surface area contributed by atoms with Gasteiger partial charge in [-0.25, -0.2) is 4.79 Å². The van der Waals surface area contributed by atoms with E-state index in [0.717, 1.165) is 25.2 Å². The highest BCUT2D eigenvalue weighted by atomic mass is 16.5. The molecule has 1 aromatic heterocycles. The Bertz CT molecular complexity index is 806. The van der Waals surface area contributed by atoms with Gasteiger partial charge in [-0.1, -0.05) is 13.0 Å². The molecule has 1 amide bonds. The third kappa shape index (κ3) is 4.20. The van der Waals surface area contributed by atoms with Gasteiger partial charge in [0, 0.05) is 30.7 Å². The third-order valence-electron chi connectivity index (χ3n) is 4.54. The van der Waals surface area contributed by atoms with Gasteiger partial charge < -0.3 is 15.0 Å². The second-order valence-corrected chi connectivity index (χ2v) is 6.62. The molecule has 1 saturated heterocycles. The molecule has 3 rings (SSSR count). The van der Waals surface area contributed by atoms with Crippen LogP contribution in [0.2, 0.25) is 0 Å². The molecule has 6 nitrogen and oxygen atoms in total. The number of nitrogens with one attached hydrogen (secondary N) is 1. The van der Waals surface area contributed by atoms with Gasteiger partial charge in [-0.2, -0.15) is 0 Å². The van der Waals surface area contributed by atoms with Crippen molar-refractivity contribution in [1.82, 2.24) is 4.98 Å². The van der Waals surface area contributed by atoms with E-state index < -0.39 is 5.97 Å². The lowest BCUT2D eigenvalue weighted by atomic mass is 10.00. The molecule has 2 heterocycles. The second kappa shape index (κ2) is 7.99. The van der Waals surface area contributed by atoms with E-state index in [0.29, 0.717) is 22.9 Å². The first-order valence-corrected chi connectivity index (χ1v) is 8.77. The van der Waals surface area contributed by atoms with Crippen LogP contribution in [0.15, 0.2) is 42.6 Å². The number of hydrogen-bond acceptors (Lipinski definition) is 5. The lowest BCUT2D eigenvalue weighted by Gasteiger charge is -2.32. The molecular weight excluding hydrogens is 330 g/mol. The van der Waals surface area contributed by atoms with Gasteiger partial charge in [0.1, 0.15) is 5.69 Å². The molecule has 0 bridgehead atoms. The molecule has 136 valence electrons. The van der Waals surface area contributed by atoms with Crippen LogP contribution >= 0.6 is 0 Å². The molecule has 1 N–H and O–H groups in total. The van der Waals surface area contributed by atoms with Gasteiger partial charge >= 0.3 is 5.97 Å². The van der Waals surface area contributed by atoms with E-state index in [2.05, 4.69) is 22.1 Å². The number of aromatic nitrogens is 1. The summed E-state index contributed by atoms with van der Waals surface area (Å²) in [5.74, 6) is -0.102. The average molecular weight is 353 g/mol. The van der Waals surface area contributed by atoms with E-state index in [-0.39, 0.29) is 5.91 Å². The standard InChI is InChI=1S/C20H23N3O3/c1-14-5-4-10-23(13-14)17-8-9-21-18(12-17)19(24)22-16-7-3-6-15(11-16)20(25)26-2/h3,6-9,11-12,14H,4-5,10,13H2,1-2H3,(H,22,24). The Morgan fingerprint density at radius 3 is 2.88 bits per heavy atom. The van der Waals surface area contributed by atoms with E-state index in [1.807, 2.05) is 12.1 Å². The Labute approximate surface area is 153 Å². The Balaban J connectivity index is 1.74. The molecule has 1 aromatic carbocycles. The molecule has 2 aromatic rings. The van der Waals surface area contributed by atoms with Gasteiger partial charge in [0.2, 0.25) is 0 Å². The van der Waals surface area contributed by atoms with Crippen LogP contribution in [0.4, 0.5) is 11.4 Å². The lowest BCUT2D eigenvalue weighted by Crippen LogP contribution is -2.34. The van der Waals surface area contributed by atoms with E-state index in [1.54, 1.807) is 30.5 Å². The summed E-state index contributed by atoms with van der Waals surface area (Å²) in [4.78, 5) is 30.7. The molecular formula is C20H23N3O3. The van der Waals surface area contributed by atoms with Crippen molar-refractivity contribution >= 4 is 23.3 Å². The van der Waals surface area contributed by atoms with E-state index in [1.165, 1.54) is 13.5 Å². The fourth-order valence-corrected chi connectivity index (χ4v) is 3.20. The lowest BCUT2D eigenvalue weighted by molar-refractivity contribution is 0.0600. The Morgan fingerprint density at radius 1 is 1.27 bits per heavy atom. The highest BCUT2D eigenvalue weighted by molar-refractivity contribution is 6.04. The van der Waals surface area contributed by atoms with Crippen LogP contribution in [-0.4, -0.2) is 37.1 Å². The van der Waals surface area contributed by atoms with Crippen LogP contribution in [0.25, 0.3) is 0 Å². The average Bonchev–Trinajstić information content (AvgIpc) is 2.67. The van der Waals surface area contributed by atoms with Crippen LogP contribution < -0.4 is 10.2 Å². The summed E-state index contributed by atoms with van der Waals surface area (Å²) in [6, 6.07) is 10.4. The minimum atomic E-state index is -0.444. The van der Waals surface area contributed by atoms with Crippen LogP contribution in [0.5, 0.6) is 0 Å². The minimum absolute atomic E-state index is 0.307. The molecule has 0 spiro atoms. The number of pyridine rings is 1. The van der Waals surface area contributed by atoms with Crippen LogP contribution in [0, 0.1) is 5.92 Å². The zero-order chi connectivity index (χ0) is 18.5. The number of benzene rings is 1. The summed E-state index contributed by atoms with van der Waals surface area (Å²) in [5.41, 5.74) is 2.27. The molecule has 26 heavy (non-hydrogen) atoms. The SMILES string of the molecule is COC(=O)c1cccc(NC(=O)c2cc(N3CCCC(C)C3)ccn2)c1. The van der Waals surface area contributed by atoms with Gasteiger partial charge in [-0.3, -0.25) is 9.78 Å². The number of rotatable bonds is 4. The molecule has 0 aliphatic carbocycles. The fourth-order valence-electron chi connectivity index (χ4n) is 3.20. The maximum Gasteiger partial charge on any atom is 0.337 e. The first-order chi connectivity index (χ1) is 12.6. The number of piperidine rings is 1. The normalized spacial score (nSPS) is 16.8. The topological polar surface area (TPSA) is 71.5 Å². The van der Waals surface area contributed by atoms with Crippen molar-refractivity contribution < 1.29 is 14.3 Å². The number of esters is 1. The zero-order valence-corrected chi connectivity index (χ0v) is 15.1. The molecule has 0 radical (unpaired) electrons. The number of anilines is 2. The number of ether oxygens (including phenoxy) is 1. The first kappa shape index (κ1) is 17.9. The fraction of sp³-hybridized carbons (Fsp3) is 0.350. The van der Waals surface area contributed by atoms with Crippen molar-refractivity contribution in [2.24, 2.45) is 5.92 Å². The Hall–Kier alpha value is -2.89. The predicted molar refractivity (Wildman–Crippen MR) is 101 cm³/mol. The van der Waals surface area contributed by atoms with Gasteiger partial charge in [0.05, 0.1) is 12.7 Å². The van der Waals surface area contributed by atoms with Crippen molar-refractivity contribution in [3.05, 3.63) is 53.9 Å². The number of carbonyl (C=O) groups excluding carboxylic acids is 2. The molecule has 1 fully saturated rings. The molecule has 1 aliphatic rings. The second-order valence-electron chi connectivity index (χ2n) is 6.62. The summed E-state index contributed by atoms with van der Waals surface area (Å²) in [6.07, 6.45) is 4.06. The number of methoxy groups -OCH3 is 1. The smallest absolute Gasteiger partial charge is 0.337 e. The van der Waals surface area contributed by atoms with Crippen molar-refractivity contribution in [2.45, 2.75) is 19.8 Å². The summed E-state index contributed by atoms with van der Waals surface area (Å²) >= 11 is 0. The third-order valence-corrected chi connectivity index (χ3v) is 4.54. The largest absolute Gasteiger partial charge is 0.465 e. The van der Waals surface area contributed by atoms with Crippen LogP contribution in [0.3, 0.4) is 0 Å². The summed E-state index contributed by atoms with van der Waals surface area (Å²) in [6.45, 7) is 4.23. The number of hydrogen-bond donors (Lipinski definition) is 1. The monoisotopic (exact) mass is 353 g/mol. The Morgan fingerprint density at radius 2 is 2.12 bits per heavy atom. The van der Waals surface area contributed by atoms with Crippen molar-refractivity contribution in [2.75, 3.05) is 30.4 Å².